The van der Waals surface area contributed by atoms with Crippen molar-refractivity contribution in [3.63, 3.8) is 0 Å². The Hall–Kier alpha value is -2.57. The van der Waals surface area contributed by atoms with E-state index in [2.05, 4.69) is 10.3 Å². The molecule has 152 valence electrons. The fourth-order valence-electron chi connectivity index (χ4n) is 3.63. The van der Waals surface area contributed by atoms with Crippen LogP contribution < -0.4 is 15.9 Å². The van der Waals surface area contributed by atoms with E-state index in [0.717, 1.165) is 22.6 Å². The number of ether oxygens (including phenoxy) is 1. The van der Waals surface area contributed by atoms with Crippen LogP contribution in [-0.4, -0.2) is 53.4 Å². The van der Waals surface area contributed by atoms with Crippen molar-refractivity contribution in [2.24, 2.45) is 0 Å². The molecule has 2 amide bonds. The maximum Gasteiger partial charge on any atom is 0.268 e. The average molecular weight is 414 g/mol. The van der Waals surface area contributed by atoms with E-state index >= 15 is 0 Å². The molecule has 2 aliphatic rings. The molecule has 2 unspecified atom stereocenters. The fourth-order valence-corrected chi connectivity index (χ4v) is 3.85. The van der Waals surface area contributed by atoms with Crippen LogP contribution in [0.5, 0.6) is 0 Å². The number of morpholine rings is 1. The Bertz CT molecular complexity index is 1020. The number of amides is 2. The Balaban J connectivity index is 1.42. The first kappa shape index (κ1) is 19.7. The number of aromatic nitrogens is 1. The van der Waals surface area contributed by atoms with Gasteiger partial charge in [0.2, 0.25) is 0 Å². The number of hydrogen-bond acceptors (Lipinski definition) is 3. The van der Waals surface area contributed by atoms with Crippen LogP contribution >= 0.6 is 11.6 Å². The number of aromatic amines is 1. The first-order chi connectivity index (χ1) is 14.0. The number of nitrogens with one attached hydrogen (secondary N) is 2. The topological polar surface area (TPSA) is 74.4 Å². The predicted octanol–water partition coefficient (Wildman–Crippen LogP) is 1.55. The standard InChI is InChI=1S/C22H24ClN3O3/c1-14(24-21(27)20-13-17-12-18(23)6-7-19(17)25-20)15-2-4-16(5-3-15)22(28)26-8-10-29-11-9-26/h2-5,7,12-14,18,25H,6,8-11H2,1H3,(H,24,27). The van der Waals surface area contributed by atoms with Crippen molar-refractivity contribution in [3.8, 4) is 0 Å². The molecule has 2 atom stereocenters. The van der Waals surface area contributed by atoms with Crippen molar-refractivity contribution in [2.45, 2.75) is 24.8 Å². The van der Waals surface area contributed by atoms with Crippen molar-refractivity contribution in [1.82, 2.24) is 15.2 Å². The van der Waals surface area contributed by atoms with Crippen molar-refractivity contribution < 1.29 is 14.3 Å². The van der Waals surface area contributed by atoms with E-state index in [0.29, 0.717) is 37.6 Å². The van der Waals surface area contributed by atoms with Gasteiger partial charge in [0.05, 0.1) is 24.6 Å². The number of halogens is 1. The maximum absolute atomic E-state index is 12.6. The molecule has 6 nitrogen and oxygen atoms in total. The van der Waals surface area contributed by atoms with E-state index in [1.807, 2.05) is 49.4 Å². The number of fused-ring (bicyclic) bond motifs is 1. The van der Waals surface area contributed by atoms with E-state index in [1.165, 1.54) is 0 Å². The van der Waals surface area contributed by atoms with Gasteiger partial charge >= 0.3 is 0 Å². The fraction of sp³-hybridized carbons (Fsp3) is 0.364. The third-order valence-corrected chi connectivity index (χ3v) is 5.64. The van der Waals surface area contributed by atoms with Crippen LogP contribution in [0.4, 0.5) is 0 Å². The van der Waals surface area contributed by atoms with Gasteiger partial charge in [-0.1, -0.05) is 24.3 Å². The van der Waals surface area contributed by atoms with E-state index in [1.54, 1.807) is 4.90 Å². The highest BCUT2D eigenvalue weighted by Gasteiger charge is 2.19. The Morgan fingerprint density at radius 2 is 1.97 bits per heavy atom. The Morgan fingerprint density at radius 3 is 2.69 bits per heavy atom. The van der Waals surface area contributed by atoms with E-state index in [4.69, 9.17) is 16.3 Å². The Morgan fingerprint density at radius 1 is 1.24 bits per heavy atom. The molecule has 1 aromatic carbocycles. The molecule has 29 heavy (non-hydrogen) atoms. The molecule has 0 radical (unpaired) electrons. The highest BCUT2D eigenvalue weighted by atomic mass is 35.5. The summed E-state index contributed by atoms with van der Waals surface area (Å²) < 4.78 is 5.29. The minimum absolute atomic E-state index is 0.0126. The van der Waals surface area contributed by atoms with Crippen LogP contribution in [0.25, 0.3) is 12.2 Å². The number of hydrogen-bond donors (Lipinski definition) is 2. The summed E-state index contributed by atoms with van der Waals surface area (Å²) in [6.45, 7) is 4.32. The van der Waals surface area contributed by atoms with E-state index < -0.39 is 0 Å². The van der Waals surface area contributed by atoms with Gasteiger partial charge in [-0.05, 0) is 42.3 Å². The highest BCUT2D eigenvalue weighted by molar-refractivity contribution is 6.24. The first-order valence-corrected chi connectivity index (χ1v) is 10.3. The molecule has 1 aromatic heterocycles. The quantitative estimate of drug-likeness (QED) is 0.747. The zero-order valence-corrected chi connectivity index (χ0v) is 17.0. The van der Waals surface area contributed by atoms with Gasteiger partial charge in [-0.2, -0.15) is 0 Å². The summed E-state index contributed by atoms with van der Waals surface area (Å²) in [4.78, 5) is 30.1. The average Bonchev–Trinajstić information content (AvgIpc) is 3.17. The molecule has 7 heteroatoms. The van der Waals surface area contributed by atoms with Gasteiger partial charge in [0, 0.05) is 24.0 Å². The first-order valence-electron chi connectivity index (χ1n) is 9.84. The van der Waals surface area contributed by atoms with Gasteiger partial charge in [0.25, 0.3) is 11.8 Å². The monoisotopic (exact) mass is 413 g/mol. The molecule has 1 aliphatic carbocycles. The summed E-state index contributed by atoms with van der Waals surface area (Å²) in [7, 11) is 0. The number of rotatable bonds is 4. The van der Waals surface area contributed by atoms with Gasteiger partial charge in [0.1, 0.15) is 5.69 Å². The maximum atomic E-state index is 12.6. The number of alkyl halides is 1. The molecular weight excluding hydrogens is 390 g/mol. The van der Waals surface area contributed by atoms with Gasteiger partial charge in [-0.15, -0.1) is 11.6 Å². The molecular formula is C22H24ClN3O3. The summed E-state index contributed by atoms with van der Waals surface area (Å²) in [5.41, 5.74) is 2.10. The molecule has 1 saturated heterocycles. The van der Waals surface area contributed by atoms with Crippen molar-refractivity contribution in [1.29, 1.82) is 0 Å². The molecule has 1 aliphatic heterocycles. The van der Waals surface area contributed by atoms with E-state index in [9.17, 15) is 9.59 Å². The highest BCUT2D eigenvalue weighted by Crippen LogP contribution is 2.16. The second-order valence-corrected chi connectivity index (χ2v) is 7.96. The largest absolute Gasteiger partial charge is 0.378 e. The summed E-state index contributed by atoms with van der Waals surface area (Å²) in [5.74, 6) is -0.160. The lowest BCUT2D eigenvalue weighted by Gasteiger charge is -2.27. The molecule has 2 N–H and O–H groups in total. The molecule has 1 fully saturated rings. The van der Waals surface area contributed by atoms with Crippen LogP contribution in [0, 0.1) is 0 Å². The third kappa shape index (κ3) is 4.38. The summed E-state index contributed by atoms with van der Waals surface area (Å²) in [5, 5.41) is 4.86. The Labute approximate surface area is 174 Å². The molecule has 2 aromatic rings. The summed E-state index contributed by atoms with van der Waals surface area (Å²) in [6, 6.07) is 9.04. The van der Waals surface area contributed by atoms with Gasteiger partial charge in [-0.25, -0.2) is 0 Å². The molecule has 0 saturated carbocycles. The Kier molecular flexibility index (Phi) is 5.74. The van der Waals surface area contributed by atoms with Crippen molar-refractivity contribution in [3.05, 3.63) is 57.7 Å². The smallest absolute Gasteiger partial charge is 0.268 e. The lowest BCUT2D eigenvalue weighted by molar-refractivity contribution is 0.0303. The van der Waals surface area contributed by atoms with Crippen LogP contribution in [-0.2, 0) is 4.74 Å². The number of benzene rings is 1. The predicted molar refractivity (Wildman–Crippen MR) is 112 cm³/mol. The van der Waals surface area contributed by atoms with Gasteiger partial charge in [0.15, 0.2) is 0 Å². The lowest BCUT2D eigenvalue weighted by atomic mass is 10.1. The number of nitrogens with zero attached hydrogens (tertiary/aromatic N) is 1. The minimum Gasteiger partial charge on any atom is -0.378 e. The van der Waals surface area contributed by atoms with Crippen LogP contribution in [0.1, 0.15) is 45.8 Å². The number of carbonyl (C=O) groups excluding carboxylic acids is 2. The SMILES string of the molecule is CC(NC(=O)c1cc2c([nH]1)=CCC(Cl)C=2)c1ccc(C(=O)N2CCOCC2)cc1. The van der Waals surface area contributed by atoms with Crippen LogP contribution in [0.3, 0.4) is 0 Å². The summed E-state index contributed by atoms with van der Waals surface area (Å²) in [6.07, 6.45) is 4.72. The third-order valence-electron chi connectivity index (χ3n) is 5.34. The van der Waals surface area contributed by atoms with Crippen LogP contribution in [0.2, 0.25) is 0 Å². The number of carbonyl (C=O) groups is 2. The van der Waals surface area contributed by atoms with E-state index in [-0.39, 0.29) is 23.2 Å². The van der Waals surface area contributed by atoms with Gasteiger partial charge < -0.3 is 19.9 Å². The van der Waals surface area contributed by atoms with Crippen molar-refractivity contribution in [2.75, 3.05) is 26.3 Å². The van der Waals surface area contributed by atoms with Crippen molar-refractivity contribution >= 4 is 35.6 Å². The zero-order chi connectivity index (χ0) is 20.4. The van der Waals surface area contributed by atoms with Crippen LogP contribution in [0.15, 0.2) is 30.3 Å². The lowest BCUT2D eigenvalue weighted by Crippen LogP contribution is -2.40. The molecule has 0 spiro atoms. The molecule has 4 rings (SSSR count). The zero-order valence-electron chi connectivity index (χ0n) is 16.3. The second-order valence-electron chi connectivity index (χ2n) is 7.40. The minimum atomic E-state index is -0.191. The second kappa shape index (κ2) is 8.43. The summed E-state index contributed by atoms with van der Waals surface area (Å²) >= 11 is 6.15. The molecule has 0 bridgehead atoms. The normalized spacial score (nSPS) is 19.5. The number of H-pyrrole nitrogens is 1. The van der Waals surface area contributed by atoms with Gasteiger partial charge in [-0.3, -0.25) is 9.59 Å². The molecule has 2 heterocycles.